The predicted molar refractivity (Wildman–Crippen MR) is 97.4 cm³/mol. The summed E-state index contributed by atoms with van der Waals surface area (Å²) in [6.07, 6.45) is 5.06. The third-order valence-electron chi connectivity index (χ3n) is 3.81. The van der Waals surface area contributed by atoms with Gasteiger partial charge in [-0.05, 0) is 31.0 Å². The fraction of sp³-hybridized carbons (Fsp3) is 0.588. The van der Waals surface area contributed by atoms with Crippen LogP contribution < -0.4 is 5.32 Å². The molecule has 22 heavy (non-hydrogen) atoms. The van der Waals surface area contributed by atoms with Gasteiger partial charge in [0.25, 0.3) is 0 Å². The Labute approximate surface area is 134 Å². The van der Waals surface area contributed by atoms with E-state index in [0.717, 1.165) is 25.2 Å². The summed E-state index contributed by atoms with van der Waals surface area (Å²) < 4.78 is 8.04. The molecule has 2 rings (SSSR count). The molecule has 0 atom stereocenters. The topological polar surface area (TPSA) is 39.1 Å². The Hall–Kier alpha value is -1.33. The average molecular weight is 320 g/mol. The number of fused-ring (bicyclic) bond motifs is 1. The number of nitrogens with zero attached hydrogens (tertiary/aromatic N) is 2. The van der Waals surface area contributed by atoms with Crippen LogP contribution in [0.25, 0.3) is 11.0 Å². The summed E-state index contributed by atoms with van der Waals surface area (Å²) >= 11 is 0. The quantitative estimate of drug-likeness (QED) is 0.581. The molecule has 0 saturated carbocycles. The molecule has 0 fully saturated rings. The normalized spacial score (nSPS) is 12.0. The van der Waals surface area contributed by atoms with Gasteiger partial charge in [-0.2, -0.15) is 0 Å². The SMILES string of the molecule is CCNc1ccnc2c1c(CC)cn2COCC[Si](C)(C)C. The average Bonchev–Trinajstić information content (AvgIpc) is 2.82. The van der Waals surface area contributed by atoms with Crippen molar-refractivity contribution in [1.82, 2.24) is 9.55 Å². The number of ether oxygens (including phenoxy) is 1. The Bertz CT molecular complexity index is 616. The highest BCUT2D eigenvalue weighted by Crippen LogP contribution is 2.27. The highest BCUT2D eigenvalue weighted by molar-refractivity contribution is 6.76. The molecule has 0 radical (unpaired) electrons. The third-order valence-corrected chi connectivity index (χ3v) is 5.51. The van der Waals surface area contributed by atoms with Crippen LogP contribution >= 0.6 is 0 Å². The highest BCUT2D eigenvalue weighted by atomic mass is 28.3. The first-order chi connectivity index (χ1) is 10.5. The molecule has 0 amide bonds. The number of nitrogens with one attached hydrogen (secondary N) is 1. The molecular formula is C17H29N3OSi. The molecular weight excluding hydrogens is 290 g/mol. The lowest BCUT2D eigenvalue weighted by atomic mass is 10.1. The van der Waals surface area contributed by atoms with Gasteiger partial charge < -0.3 is 14.6 Å². The second-order valence-corrected chi connectivity index (χ2v) is 12.5. The van der Waals surface area contributed by atoms with Gasteiger partial charge in [-0.1, -0.05) is 26.6 Å². The van der Waals surface area contributed by atoms with Crippen molar-refractivity contribution in [3.8, 4) is 0 Å². The van der Waals surface area contributed by atoms with Crippen LogP contribution in [0.2, 0.25) is 25.7 Å². The summed E-state index contributed by atoms with van der Waals surface area (Å²) in [5.41, 5.74) is 3.52. The van der Waals surface area contributed by atoms with Crippen LogP contribution in [-0.4, -0.2) is 30.8 Å². The first-order valence-corrected chi connectivity index (χ1v) is 11.9. The van der Waals surface area contributed by atoms with E-state index in [-0.39, 0.29) is 0 Å². The van der Waals surface area contributed by atoms with Crippen molar-refractivity contribution in [2.45, 2.75) is 52.7 Å². The van der Waals surface area contributed by atoms with Gasteiger partial charge in [0, 0.05) is 44.7 Å². The molecule has 4 nitrogen and oxygen atoms in total. The second kappa shape index (κ2) is 7.29. The van der Waals surface area contributed by atoms with Crippen molar-refractivity contribution in [2.75, 3.05) is 18.5 Å². The van der Waals surface area contributed by atoms with Crippen molar-refractivity contribution < 1.29 is 4.74 Å². The van der Waals surface area contributed by atoms with Gasteiger partial charge in [0.15, 0.2) is 0 Å². The summed E-state index contributed by atoms with van der Waals surface area (Å²) in [6, 6.07) is 3.25. The minimum absolute atomic E-state index is 0.587. The van der Waals surface area contributed by atoms with Crippen molar-refractivity contribution >= 4 is 24.8 Å². The van der Waals surface area contributed by atoms with E-state index in [0.29, 0.717) is 6.73 Å². The maximum Gasteiger partial charge on any atom is 0.144 e. The van der Waals surface area contributed by atoms with Crippen LogP contribution in [0.5, 0.6) is 0 Å². The third kappa shape index (κ3) is 4.11. The molecule has 2 heterocycles. The van der Waals surface area contributed by atoms with E-state index < -0.39 is 8.07 Å². The fourth-order valence-electron chi connectivity index (χ4n) is 2.54. The minimum Gasteiger partial charge on any atom is -0.385 e. The van der Waals surface area contributed by atoms with E-state index in [4.69, 9.17) is 4.74 Å². The van der Waals surface area contributed by atoms with Gasteiger partial charge in [0.05, 0.1) is 0 Å². The van der Waals surface area contributed by atoms with Crippen LogP contribution in [0, 0.1) is 0 Å². The molecule has 2 aromatic heterocycles. The Morgan fingerprint density at radius 1 is 1.27 bits per heavy atom. The minimum atomic E-state index is -1.03. The van der Waals surface area contributed by atoms with Gasteiger partial charge >= 0.3 is 0 Å². The molecule has 0 aliphatic rings. The van der Waals surface area contributed by atoms with Crippen molar-refractivity contribution in [2.24, 2.45) is 0 Å². The molecule has 5 heteroatoms. The fourth-order valence-corrected chi connectivity index (χ4v) is 3.30. The standard InChI is InChI=1S/C17H29N3OSi/c1-6-14-12-20(13-21-10-11-22(3,4)5)17-16(14)15(18-7-2)8-9-19-17/h8-9,12H,6-7,10-11,13H2,1-5H3,(H,18,19). The van der Waals surface area contributed by atoms with Gasteiger partial charge in [-0.15, -0.1) is 0 Å². The lowest BCUT2D eigenvalue weighted by Gasteiger charge is -2.15. The Balaban J connectivity index is 2.18. The van der Waals surface area contributed by atoms with Crippen LogP contribution in [0.3, 0.4) is 0 Å². The van der Waals surface area contributed by atoms with E-state index >= 15 is 0 Å². The molecule has 0 spiro atoms. The lowest BCUT2D eigenvalue weighted by Crippen LogP contribution is -2.22. The van der Waals surface area contributed by atoms with Crippen molar-refractivity contribution in [3.63, 3.8) is 0 Å². The second-order valence-electron chi connectivity index (χ2n) is 6.91. The Morgan fingerprint density at radius 3 is 2.68 bits per heavy atom. The van der Waals surface area contributed by atoms with Gasteiger partial charge in [0.1, 0.15) is 12.4 Å². The monoisotopic (exact) mass is 319 g/mol. The summed E-state index contributed by atoms with van der Waals surface area (Å²) in [5, 5.41) is 4.67. The number of hydrogen-bond acceptors (Lipinski definition) is 3. The zero-order valence-electron chi connectivity index (χ0n) is 14.6. The van der Waals surface area contributed by atoms with Crippen LogP contribution in [-0.2, 0) is 17.9 Å². The maximum atomic E-state index is 5.90. The number of hydrogen-bond donors (Lipinski definition) is 1. The molecule has 0 aliphatic heterocycles. The summed E-state index contributed by atoms with van der Waals surface area (Å²) in [4.78, 5) is 4.57. The number of rotatable bonds is 8. The van der Waals surface area contributed by atoms with E-state index in [1.54, 1.807) is 0 Å². The zero-order valence-corrected chi connectivity index (χ0v) is 15.6. The number of aryl methyl sites for hydroxylation is 1. The summed E-state index contributed by atoms with van der Waals surface area (Å²) in [5.74, 6) is 0. The van der Waals surface area contributed by atoms with E-state index in [1.165, 1.54) is 22.7 Å². The summed E-state index contributed by atoms with van der Waals surface area (Å²) in [7, 11) is -1.03. The molecule has 0 aliphatic carbocycles. The van der Waals surface area contributed by atoms with Crippen molar-refractivity contribution in [3.05, 3.63) is 24.0 Å². The predicted octanol–water partition coefficient (Wildman–Crippen LogP) is 4.34. The van der Waals surface area contributed by atoms with Crippen LogP contribution in [0.15, 0.2) is 18.5 Å². The lowest BCUT2D eigenvalue weighted by molar-refractivity contribution is 0.0898. The molecule has 1 N–H and O–H groups in total. The number of pyridine rings is 1. The smallest absolute Gasteiger partial charge is 0.144 e. The first-order valence-electron chi connectivity index (χ1n) is 8.24. The van der Waals surface area contributed by atoms with E-state index in [2.05, 4.69) is 60.6 Å². The highest BCUT2D eigenvalue weighted by Gasteiger charge is 2.14. The number of aromatic nitrogens is 2. The first kappa shape index (κ1) is 17.0. The van der Waals surface area contributed by atoms with Crippen LogP contribution in [0.4, 0.5) is 5.69 Å². The van der Waals surface area contributed by atoms with Gasteiger partial charge in [0.2, 0.25) is 0 Å². The summed E-state index contributed by atoms with van der Waals surface area (Å²) in [6.45, 7) is 13.8. The largest absolute Gasteiger partial charge is 0.385 e. The molecule has 2 aromatic rings. The molecule has 0 saturated heterocycles. The number of anilines is 1. The zero-order chi connectivity index (χ0) is 16.2. The van der Waals surface area contributed by atoms with Crippen molar-refractivity contribution in [1.29, 1.82) is 0 Å². The maximum absolute atomic E-state index is 5.90. The van der Waals surface area contributed by atoms with E-state index in [1.807, 2.05) is 6.20 Å². The Morgan fingerprint density at radius 2 is 2.05 bits per heavy atom. The molecule has 0 bridgehead atoms. The van der Waals surface area contributed by atoms with Gasteiger partial charge in [-0.25, -0.2) is 4.98 Å². The van der Waals surface area contributed by atoms with Crippen LogP contribution in [0.1, 0.15) is 19.4 Å². The molecule has 0 unspecified atom stereocenters. The Kier molecular flexibility index (Phi) is 5.64. The van der Waals surface area contributed by atoms with Gasteiger partial charge in [-0.3, -0.25) is 0 Å². The molecule has 122 valence electrons. The molecule has 0 aromatic carbocycles. The van der Waals surface area contributed by atoms with E-state index in [9.17, 15) is 0 Å².